The van der Waals surface area contributed by atoms with Crippen molar-refractivity contribution in [1.29, 1.82) is 0 Å². The third-order valence-electron chi connectivity index (χ3n) is 4.41. The Kier molecular flexibility index (Phi) is 4.76. The number of aromatic amines is 1. The molecule has 3 rings (SSSR count). The Balaban J connectivity index is 1.68. The Morgan fingerprint density at radius 2 is 1.91 bits per heavy atom. The lowest BCUT2D eigenvalue weighted by molar-refractivity contribution is 0.290. The maximum Gasteiger partial charge on any atom is 0.255 e. The van der Waals surface area contributed by atoms with E-state index in [-0.39, 0.29) is 5.56 Å². The van der Waals surface area contributed by atoms with E-state index in [1.165, 1.54) is 5.56 Å². The van der Waals surface area contributed by atoms with Crippen molar-refractivity contribution in [2.45, 2.75) is 19.3 Å². The maximum absolute atomic E-state index is 12.3. The molecule has 0 aliphatic carbocycles. The first-order valence-electron chi connectivity index (χ1n) is 8.19. The summed E-state index contributed by atoms with van der Waals surface area (Å²) in [7, 11) is 3.79. The number of nitrogens with zero attached hydrogens (tertiary/aromatic N) is 3. The smallest absolute Gasteiger partial charge is 0.255 e. The van der Waals surface area contributed by atoms with Gasteiger partial charge in [-0.1, -0.05) is 30.3 Å². The molecule has 0 bridgehead atoms. The fraction of sp³-hybridized carbons (Fsp3) is 0.444. The van der Waals surface area contributed by atoms with Crippen LogP contribution in [0.4, 0.5) is 5.95 Å². The number of nitrogens with one attached hydrogen (secondary N) is 1. The number of H-pyrrole nitrogens is 1. The summed E-state index contributed by atoms with van der Waals surface area (Å²) in [6.07, 6.45) is 2.67. The van der Waals surface area contributed by atoms with Crippen LogP contribution in [0.5, 0.6) is 0 Å². The zero-order valence-corrected chi connectivity index (χ0v) is 13.9. The minimum absolute atomic E-state index is 0.0172. The number of hydrogen-bond acceptors (Lipinski definition) is 4. The predicted molar refractivity (Wildman–Crippen MR) is 93.2 cm³/mol. The van der Waals surface area contributed by atoms with E-state index in [0.717, 1.165) is 50.2 Å². The van der Waals surface area contributed by atoms with Crippen LogP contribution >= 0.6 is 0 Å². The summed E-state index contributed by atoms with van der Waals surface area (Å²) < 4.78 is 0. The van der Waals surface area contributed by atoms with E-state index in [2.05, 4.69) is 39.1 Å². The van der Waals surface area contributed by atoms with Crippen LogP contribution in [0.2, 0.25) is 0 Å². The Hall–Kier alpha value is -2.14. The minimum Gasteiger partial charge on any atom is -0.348 e. The van der Waals surface area contributed by atoms with E-state index in [0.29, 0.717) is 5.95 Å². The predicted octanol–water partition coefficient (Wildman–Crippen LogP) is 1.48. The van der Waals surface area contributed by atoms with Crippen LogP contribution in [0, 0.1) is 0 Å². The zero-order chi connectivity index (χ0) is 16.2. The molecular formula is C18H24N4O. The number of hydrogen-bond donors (Lipinski definition) is 1. The lowest BCUT2D eigenvalue weighted by Gasteiger charge is -2.19. The van der Waals surface area contributed by atoms with Gasteiger partial charge in [-0.3, -0.25) is 9.78 Å². The highest BCUT2D eigenvalue weighted by Crippen LogP contribution is 2.13. The molecule has 0 saturated heterocycles. The molecule has 0 fully saturated rings. The largest absolute Gasteiger partial charge is 0.348 e. The number of anilines is 1. The van der Waals surface area contributed by atoms with Gasteiger partial charge in [0.1, 0.15) is 0 Å². The summed E-state index contributed by atoms with van der Waals surface area (Å²) in [5, 5.41) is 0. The van der Waals surface area contributed by atoms with Gasteiger partial charge in [-0.15, -0.1) is 0 Å². The molecule has 1 N–H and O–H groups in total. The van der Waals surface area contributed by atoms with E-state index < -0.39 is 0 Å². The van der Waals surface area contributed by atoms with Crippen LogP contribution in [-0.4, -0.2) is 48.6 Å². The van der Waals surface area contributed by atoms with Crippen molar-refractivity contribution in [2.24, 2.45) is 0 Å². The highest BCUT2D eigenvalue weighted by atomic mass is 16.1. The second kappa shape index (κ2) is 6.96. The van der Waals surface area contributed by atoms with Gasteiger partial charge in [0.05, 0.1) is 5.69 Å². The van der Waals surface area contributed by atoms with E-state index in [4.69, 9.17) is 0 Å². The Morgan fingerprint density at radius 3 is 2.65 bits per heavy atom. The highest BCUT2D eigenvalue weighted by Gasteiger charge is 2.18. The van der Waals surface area contributed by atoms with Gasteiger partial charge >= 0.3 is 0 Å². The van der Waals surface area contributed by atoms with Crippen LogP contribution in [0.1, 0.15) is 16.8 Å². The van der Waals surface area contributed by atoms with Gasteiger partial charge in [-0.25, -0.2) is 4.98 Å². The van der Waals surface area contributed by atoms with Gasteiger partial charge in [0.25, 0.3) is 5.56 Å². The molecule has 1 aromatic carbocycles. The van der Waals surface area contributed by atoms with Gasteiger partial charge in [0.15, 0.2) is 0 Å². The highest BCUT2D eigenvalue weighted by molar-refractivity contribution is 5.32. The van der Waals surface area contributed by atoms with E-state index >= 15 is 0 Å². The first kappa shape index (κ1) is 15.7. The van der Waals surface area contributed by atoms with Crippen LogP contribution < -0.4 is 10.5 Å². The SMILES string of the molecule is CN(C)c1nc2c(c(=O)[nH]1)CCN(CCc1ccccc1)CC2. The van der Waals surface area contributed by atoms with E-state index in [9.17, 15) is 4.79 Å². The van der Waals surface area contributed by atoms with Crippen molar-refractivity contribution in [2.75, 3.05) is 38.6 Å². The van der Waals surface area contributed by atoms with Gasteiger partial charge in [-0.05, 0) is 18.4 Å². The number of aromatic nitrogens is 2. The molecule has 0 spiro atoms. The fourth-order valence-corrected chi connectivity index (χ4v) is 3.01. The lowest BCUT2D eigenvalue weighted by atomic mass is 10.1. The summed E-state index contributed by atoms with van der Waals surface area (Å²) in [6, 6.07) is 10.6. The second-order valence-electron chi connectivity index (χ2n) is 6.29. The monoisotopic (exact) mass is 312 g/mol. The first-order chi connectivity index (χ1) is 11.1. The molecule has 23 heavy (non-hydrogen) atoms. The maximum atomic E-state index is 12.3. The molecule has 1 aromatic heterocycles. The van der Waals surface area contributed by atoms with Crippen molar-refractivity contribution in [3.8, 4) is 0 Å². The molecule has 0 unspecified atom stereocenters. The molecule has 122 valence electrons. The fourth-order valence-electron chi connectivity index (χ4n) is 3.01. The average Bonchev–Trinajstić information content (AvgIpc) is 2.76. The summed E-state index contributed by atoms with van der Waals surface area (Å²) in [5.74, 6) is 0.645. The zero-order valence-electron chi connectivity index (χ0n) is 13.9. The Labute approximate surface area is 137 Å². The van der Waals surface area contributed by atoms with Gasteiger partial charge in [-0.2, -0.15) is 0 Å². The van der Waals surface area contributed by atoms with Gasteiger partial charge < -0.3 is 9.80 Å². The van der Waals surface area contributed by atoms with Crippen molar-refractivity contribution in [3.63, 3.8) is 0 Å². The van der Waals surface area contributed by atoms with Crippen molar-refractivity contribution in [1.82, 2.24) is 14.9 Å². The molecule has 1 aliphatic rings. The van der Waals surface area contributed by atoms with Crippen molar-refractivity contribution >= 4 is 5.95 Å². The van der Waals surface area contributed by atoms with Crippen LogP contribution in [0.25, 0.3) is 0 Å². The second-order valence-corrected chi connectivity index (χ2v) is 6.29. The topological polar surface area (TPSA) is 52.2 Å². The number of fused-ring (bicyclic) bond motifs is 1. The number of rotatable bonds is 4. The normalized spacial score (nSPS) is 15.0. The van der Waals surface area contributed by atoms with Crippen molar-refractivity contribution < 1.29 is 0 Å². The minimum atomic E-state index is 0.0172. The third kappa shape index (κ3) is 3.79. The lowest BCUT2D eigenvalue weighted by Crippen LogP contribution is -2.29. The average molecular weight is 312 g/mol. The molecule has 0 saturated carbocycles. The third-order valence-corrected chi connectivity index (χ3v) is 4.41. The molecule has 5 nitrogen and oxygen atoms in total. The number of benzene rings is 1. The first-order valence-corrected chi connectivity index (χ1v) is 8.19. The van der Waals surface area contributed by atoms with Crippen LogP contribution in [0.15, 0.2) is 35.1 Å². The summed E-state index contributed by atoms with van der Waals surface area (Å²) in [5.41, 5.74) is 3.20. The Morgan fingerprint density at radius 1 is 1.17 bits per heavy atom. The van der Waals surface area contributed by atoms with Gasteiger partial charge in [0, 0.05) is 45.7 Å². The quantitative estimate of drug-likeness (QED) is 0.929. The van der Waals surface area contributed by atoms with Crippen LogP contribution in [0.3, 0.4) is 0 Å². The molecular weight excluding hydrogens is 288 g/mol. The standard InChI is InChI=1S/C18H24N4O/c1-21(2)18-19-16-10-13-22(12-9-15(16)17(23)20-18)11-8-14-6-4-3-5-7-14/h3-7H,8-13H2,1-2H3,(H,19,20,23). The van der Waals surface area contributed by atoms with E-state index in [1.807, 2.05) is 25.1 Å². The van der Waals surface area contributed by atoms with Crippen LogP contribution in [-0.2, 0) is 19.3 Å². The molecule has 5 heteroatoms. The molecule has 2 heterocycles. The molecule has 0 amide bonds. The Bertz CT molecular complexity index is 709. The molecule has 2 aromatic rings. The van der Waals surface area contributed by atoms with Crippen molar-refractivity contribution in [3.05, 3.63) is 57.5 Å². The summed E-state index contributed by atoms with van der Waals surface area (Å²) >= 11 is 0. The molecule has 0 radical (unpaired) electrons. The van der Waals surface area contributed by atoms with E-state index in [1.54, 1.807) is 0 Å². The summed E-state index contributed by atoms with van der Waals surface area (Å²) in [6.45, 7) is 2.91. The summed E-state index contributed by atoms with van der Waals surface area (Å²) in [4.78, 5) is 24.1. The molecule has 1 aliphatic heterocycles. The van der Waals surface area contributed by atoms with Gasteiger partial charge in [0.2, 0.25) is 5.95 Å². The molecule has 0 atom stereocenters.